The summed E-state index contributed by atoms with van der Waals surface area (Å²) in [5.74, 6) is 1.41. The molecular weight excluding hydrogens is 554 g/mol. The molecule has 1 saturated carbocycles. The van der Waals surface area contributed by atoms with Crippen molar-refractivity contribution in [1.82, 2.24) is 20.1 Å². The predicted octanol–water partition coefficient (Wildman–Crippen LogP) is 3.54. The molecule has 0 unspecified atom stereocenters. The maximum absolute atomic E-state index is 12.9. The first-order valence-corrected chi connectivity index (χ1v) is 15.4. The summed E-state index contributed by atoms with van der Waals surface area (Å²) < 4.78 is 5.34. The Morgan fingerprint density at radius 2 is 1.79 bits per heavy atom. The SMILES string of the molecule is NC(=O)c1ccc(N2CCC[C@@H](CC(=O)Cc3nnc(C4CC4)s3)C2)nc1Nc1ccc(C(=O)N2CCOCC2)cc1. The molecule has 0 radical (unpaired) electrons. The van der Waals surface area contributed by atoms with E-state index in [0.29, 0.717) is 68.7 Å². The van der Waals surface area contributed by atoms with Crippen molar-refractivity contribution in [2.24, 2.45) is 11.7 Å². The number of ketones is 1. The van der Waals surface area contributed by atoms with Gasteiger partial charge in [0.25, 0.3) is 11.8 Å². The van der Waals surface area contributed by atoms with Gasteiger partial charge in [0, 0.05) is 49.8 Å². The summed E-state index contributed by atoms with van der Waals surface area (Å²) in [6, 6.07) is 10.6. The summed E-state index contributed by atoms with van der Waals surface area (Å²) in [6.45, 7) is 3.76. The monoisotopic (exact) mass is 589 g/mol. The second-order valence-corrected chi connectivity index (χ2v) is 12.3. The summed E-state index contributed by atoms with van der Waals surface area (Å²) in [7, 11) is 0. The fourth-order valence-electron chi connectivity index (χ4n) is 5.54. The number of anilines is 3. The molecule has 42 heavy (non-hydrogen) atoms. The average Bonchev–Trinajstić information content (AvgIpc) is 3.76. The smallest absolute Gasteiger partial charge is 0.254 e. The van der Waals surface area contributed by atoms with Gasteiger partial charge in [-0.3, -0.25) is 14.4 Å². The van der Waals surface area contributed by atoms with Gasteiger partial charge in [0.1, 0.15) is 27.4 Å². The van der Waals surface area contributed by atoms with Crippen LogP contribution in [0, 0.1) is 5.92 Å². The van der Waals surface area contributed by atoms with Crippen molar-refractivity contribution in [2.45, 2.75) is 44.4 Å². The molecule has 2 aliphatic heterocycles. The Morgan fingerprint density at radius 3 is 2.52 bits per heavy atom. The van der Waals surface area contributed by atoms with Crippen molar-refractivity contribution in [3.05, 3.63) is 57.5 Å². The number of ether oxygens (including phenoxy) is 1. The lowest BCUT2D eigenvalue weighted by molar-refractivity contribution is -0.119. The lowest BCUT2D eigenvalue weighted by Gasteiger charge is -2.33. The summed E-state index contributed by atoms with van der Waals surface area (Å²) >= 11 is 1.57. The van der Waals surface area contributed by atoms with Crippen molar-refractivity contribution < 1.29 is 19.1 Å². The van der Waals surface area contributed by atoms with Gasteiger partial charge in [-0.2, -0.15) is 0 Å². The van der Waals surface area contributed by atoms with E-state index in [0.717, 1.165) is 35.2 Å². The van der Waals surface area contributed by atoms with Crippen LogP contribution in [0.5, 0.6) is 0 Å². The second kappa shape index (κ2) is 12.5. The van der Waals surface area contributed by atoms with E-state index in [-0.39, 0.29) is 23.2 Å². The van der Waals surface area contributed by atoms with Crippen molar-refractivity contribution >= 4 is 46.3 Å². The largest absolute Gasteiger partial charge is 0.378 e. The fourth-order valence-corrected chi connectivity index (χ4v) is 6.58. The number of primary amides is 1. The van der Waals surface area contributed by atoms with Crippen LogP contribution in [0.15, 0.2) is 36.4 Å². The number of carbonyl (C=O) groups excluding carboxylic acids is 3. The fraction of sp³-hybridized carbons (Fsp3) is 0.467. The molecule has 220 valence electrons. The number of amides is 2. The number of carbonyl (C=O) groups is 3. The number of nitrogens with two attached hydrogens (primary N) is 1. The Morgan fingerprint density at radius 1 is 1.00 bits per heavy atom. The average molecular weight is 590 g/mol. The third kappa shape index (κ3) is 6.76. The first-order valence-electron chi connectivity index (χ1n) is 14.6. The molecule has 2 amide bonds. The molecule has 3 aromatic rings. The van der Waals surface area contributed by atoms with E-state index >= 15 is 0 Å². The molecule has 1 aromatic carbocycles. The maximum Gasteiger partial charge on any atom is 0.254 e. The Balaban J connectivity index is 1.10. The lowest BCUT2D eigenvalue weighted by Crippen LogP contribution is -2.40. The van der Waals surface area contributed by atoms with E-state index in [4.69, 9.17) is 15.5 Å². The Labute approximate surface area is 248 Å². The highest BCUT2D eigenvalue weighted by Gasteiger charge is 2.29. The van der Waals surface area contributed by atoms with Gasteiger partial charge in [0.15, 0.2) is 0 Å². The normalized spacial score (nSPS) is 19.0. The van der Waals surface area contributed by atoms with Gasteiger partial charge in [-0.15, -0.1) is 21.5 Å². The van der Waals surface area contributed by atoms with E-state index in [2.05, 4.69) is 20.4 Å². The molecular formula is C30H35N7O4S. The first-order chi connectivity index (χ1) is 20.4. The van der Waals surface area contributed by atoms with Crippen molar-refractivity contribution in [1.29, 1.82) is 0 Å². The first kappa shape index (κ1) is 28.2. The quantitative estimate of drug-likeness (QED) is 0.363. The number of aromatic nitrogens is 3. The van der Waals surface area contributed by atoms with Crippen LogP contribution in [0.25, 0.3) is 0 Å². The van der Waals surface area contributed by atoms with Gasteiger partial charge in [0.2, 0.25) is 0 Å². The van der Waals surface area contributed by atoms with Crippen LogP contribution >= 0.6 is 11.3 Å². The topological polar surface area (TPSA) is 144 Å². The number of nitrogens with zero attached hydrogens (tertiary/aromatic N) is 5. The number of nitrogens with one attached hydrogen (secondary N) is 1. The minimum Gasteiger partial charge on any atom is -0.378 e. The molecule has 11 nitrogen and oxygen atoms in total. The number of Topliss-reactive ketones (excluding diaryl/α,β-unsaturated/α-hetero) is 1. The van der Waals surface area contributed by atoms with Crippen molar-refractivity contribution in [2.75, 3.05) is 49.6 Å². The van der Waals surface area contributed by atoms with Crippen LogP contribution in [-0.4, -0.2) is 77.1 Å². The highest BCUT2D eigenvalue weighted by molar-refractivity contribution is 7.11. The highest BCUT2D eigenvalue weighted by Crippen LogP contribution is 2.41. The summed E-state index contributed by atoms with van der Waals surface area (Å²) in [5, 5.41) is 13.6. The summed E-state index contributed by atoms with van der Waals surface area (Å²) in [6.07, 6.45) is 5.12. The van der Waals surface area contributed by atoms with Crippen LogP contribution in [0.2, 0.25) is 0 Å². The molecule has 2 saturated heterocycles. The number of morpholine rings is 1. The zero-order valence-electron chi connectivity index (χ0n) is 23.5. The molecule has 1 atom stereocenters. The Bertz CT molecular complexity index is 1450. The van der Waals surface area contributed by atoms with E-state index in [1.165, 1.54) is 12.8 Å². The van der Waals surface area contributed by atoms with Crippen LogP contribution in [-0.2, 0) is 16.0 Å². The molecule has 3 aliphatic rings. The van der Waals surface area contributed by atoms with Gasteiger partial charge in [-0.1, -0.05) is 0 Å². The molecule has 3 N–H and O–H groups in total. The molecule has 6 rings (SSSR count). The van der Waals surface area contributed by atoms with Gasteiger partial charge in [0.05, 0.1) is 25.2 Å². The number of piperidine rings is 1. The van der Waals surface area contributed by atoms with Gasteiger partial charge in [-0.25, -0.2) is 4.98 Å². The summed E-state index contributed by atoms with van der Waals surface area (Å²) in [4.78, 5) is 46.6. The van der Waals surface area contributed by atoms with Crippen molar-refractivity contribution in [3.63, 3.8) is 0 Å². The number of hydrogen-bond donors (Lipinski definition) is 2. The molecule has 4 heterocycles. The maximum atomic E-state index is 12.9. The van der Waals surface area contributed by atoms with Gasteiger partial charge in [-0.05, 0) is 68.0 Å². The minimum atomic E-state index is -0.584. The Hall–Kier alpha value is -3.90. The number of pyridine rings is 1. The minimum absolute atomic E-state index is 0.0349. The molecule has 1 aliphatic carbocycles. The number of rotatable bonds is 10. The second-order valence-electron chi connectivity index (χ2n) is 11.2. The predicted molar refractivity (Wildman–Crippen MR) is 159 cm³/mol. The van der Waals surface area contributed by atoms with E-state index in [1.807, 2.05) is 0 Å². The van der Waals surface area contributed by atoms with E-state index in [1.54, 1.807) is 52.6 Å². The molecule has 12 heteroatoms. The summed E-state index contributed by atoms with van der Waals surface area (Å²) in [5.41, 5.74) is 7.21. The molecule has 0 bridgehead atoms. The standard InChI is InChI=1S/C30H35N7O4S/c31-27(39)24-9-10-25(33-28(24)32-22-7-5-21(6-8-22)30(40)36-12-14-41-15-13-36)37-11-1-2-19(18-37)16-23(38)17-26-34-35-29(42-26)20-3-4-20/h5-10,19-20H,1-4,11-18H2,(H2,31,39)(H,32,33)/t19-/m0/s1. The number of benzene rings is 1. The molecule has 0 spiro atoms. The van der Waals surface area contributed by atoms with Crippen LogP contribution in [0.3, 0.4) is 0 Å². The van der Waals surface area contributed by atoms with Gasteiger partial charge < -0.3 is 25.6 Å². The van der Waals surface area contributed by atoms with Crippen LogP contribution < -0.4 is 16.0 Å². The third-order valence-corrected chi connectivity index (χ3v) is 9.04. The highest BCUT2D eigenvalue weighted by atomic mass is 32.1. The molecule has 2 aromatic heterocycles. The third-order valence-electron chi connectivity index (χ3n) is 7.96. The van der Waals surface area contributed by atoms with Crippen molar-refractivity contribution in [3.8, 4) is 0 Å². The van der Waals surface area contributed by atoms with E-state index < -0.39 is 5.91 Å². The van der Waals surface area contributed by atoms with Crippen LogP contribution in [0.1, 0.15) is 68.8 Å². The zero-order chi connectivity index (χ0) is 29.1. The number of hydrogen-bond acceptors (Lipinski definition) is 10. The van der Waals surface area contributed by atoms with Crippen LogP contribution in [0.4, 0.5) is 17.3 Å². The lowest BCUT2D eigenvalue weighted by atomic mass is 9.92. The van der Waals surface area contributed by atoms with Gasteiger partial charge >= 0.3 is 0 Å². The molecule has 3 fully saturated rings. The Kier molecular flexibility index (Phi) is 8.43. The zero-order valence-corrected chi connectivity index (χ0v) is 24.3. The van der Waals surface area contributed by atoms with E-state index in [9.17, 15) is 14.4 Å².